The van der Waals surface area contributed by atoms with Crippen molar-refractivity contribution in [1.82, 2.24) is 0 Å². The second-order valence-electron chi connectivity index (χ2n) is 9.25. The number of hydrogen-bond donors (Lipinski definition) is 1. The Balaban J connectivity index is 1.90. The lowest BCUT2D eigenvalue weighted by atomic mass is 9.50. The molecule has 0 aliphatic heterocycles. The van der Waals surface area contributed by atoms with Gasteiger partial charge in [-0.3, -0.25) is 9.59 Å². The highest BCUT2D eigenvalue weighted by Crippen LogP contribution is 2.63. The Labute approximate surface area is 163 Å². The number of carbonyl (C=O) groups is 2. The van der Waals surface area contributed by atoms with Crippen molar-refractivity contribution in [2.75, 3.05) is 20.8 Å². The highest BCUT2D eigenvalue weighted by Gasteiger charge is 2.59. The van der Waals surface area contributed by atoms with Crippen molar-refractivity contribution >= 4 is 11.8 Å². The second-order valence-corrected chi connectivity index (χ2v) is 9.25. The summed E-state index contributed by atoms with van der Waals surface area (Å²) in [5, 5.41) is 0. The SMILES string of the molecule is COC(=O)[C@H]1CC[C@H]2C(CCN)C([C@@]3(C)CCC(OC)=CC3=O)CC[C@]12C. The number of nitrogens with two attached hydrogens (primary N) is 1. The first-order chi connectivity index (χ1) is 12.8. The summed E-state index contributed by atoms with van der Waals surface area (Å²) in [4.78, 5) is 25.4. The van der Waals surface area contributed by atoms with Gasteiger partial charge in [0.2, 0.25) is 0 Å². The molecule has 0 aromatic rings. The molecule has 2 unspecified atom stereocenters. The third-order valence-electron chi connectivity index (χ3n) is 8.25. The molecule has 152 valence electrons. The zero-order chi connectivity index (χ0) is 19.8. The molecule has 0 aromatic carbocycles. The summed E-state index contributed by atoms with van der Waals surface area (Å²) in [6, 6.07) is 0. The summed E-state index contributed by atoms with van der Waals surface area (Å²) in [5.41, 5.74) is 5.62. The van der Waals surface area contributed by atoms with E-state index in [1.54, 1.807) is 13.2 Å². The van der Waals surface area contributed by atoms with Gasteiger partial charge in [-0.25, -0.2) is 0 Å². The molecule has 0 saturated heterocycles. The van der Waals surface area contributed by atoms with Crippen molar-refractivity contribution < 1.29 is 19.1 Å². The molecule has 0 heterocycles. The average molecular weight is 378 g/mol. The summed E-state index contributed by atoms with van der Waals surface area (Å²) < 4.78 is 10.4. The summed E-state index contributed by atoms with van der Waals surface area (Å²) in [6.45, 7) is 5.03. The molecule has 0 amide bonds. The van der Waals surface area contributed by atoms with Crippen molar-refractivity contribution in [1.29, 1.82) is 0 Å². The van der Waals surface area contributed by atoms with Crippen molar-refractivity contribution in [3.8, 4) is 0 Å². The molecule has 5 heteroatoms. The van der Waals surface area contributed by atoms with E-state index in [0.29, 0.717) is 24.3 Å². The molecule has 6 atom stereocenters. The van der Waals surface area contributed by atoms with Gasteiger partial charge in [-0.1, -0.05) is 13.8 Å². The number of ketones is 1. The number of methoxy groups -OCH3 is 2. The van der Waals surface area contributed by atoms with Crippen LogP contribution in [0, 0.1) is 34.5 Å². The van der Waals surface area contributed by atoms with E-state index in [1.165, 1.54) is 7.11 Å². The molecule has 0 aromatic heterocycles. The van der Waals surface area contributed by atoms with Crippen LogP contribution < -0.4 is 5.73 Å². The lowest BCUT2D eigenvalue weighted by molar-refractivity contribution is -0.153. The van der Waals surface area contributed by atoms with Gasteiger partial charge in [0.25, 0.3) is 0 Å². The molecule has 2 fully saturated rings. The summed E-state index contributed by atoms with van der Waals surface area (Å²) in [6.07, 6.45) is 8.15. The smallest absolute Gasteiger partial charge is 0.309 e. The van der Waals surface area contributed by atoms with Crippen molar-refractivity contribution in [3.63, 3.8) is 0 Å². The van der Waals surface area contributed by atoms with Crippen LogP contribution in [0.25, 0.3) is 0 Å². The minimum atomic E-state index is -0.355. The van der Waals surface area contributed by atoms with Gasteiger partial charge in [0.05, 0.1) is 25.9 Å². The van der Waals surface area contributed by atoms with E-state index in [-0.39, 0.29) is 28.5 Å². The highest BCUT2D eigenvalue weighted by molar-refractivity contribution is 5.96. The quantitative estimate of drug-likeness (QED) is 0.742. The zero-order valence-electron chi connectivity index (χ0n) is 17.3. The van der Waals surface area contributed by atoms with Gasteiger partial charge < -0.3 is 15.2 Å². The lowest BCUT2D eigenvalue weighted by Gasteiger charge is -2.53. The molecule has 27 heavy (non-hydrogen) atoms. The molecule has 3 aliphatic rings. The first-order valence-corrected chi connectivity index (χ1v) is 10.4. The zero-order valence-corrected chi connectivity index (χ0v) is 17.3. The van der Waals surface area contributed by atoms with E-state index in [0.717, 1.165) is 50.7 Å². The maximum absolute atomic E-state index is 13.1. The Morgan fingerprint density at radius 3 is 2.52 bits per heavy atom. The van der Waals surface area contributed by atoms with Crippen LogP contribution in [0.1, 0.15) is 58.8 Å². The Bertz CT molecular complexity index is 630. The maximum atomic E-state index is 13.1. The molecule has 2 saturated carbocycles. The lowest BCUT2D eigenvalue weighted by Crippen LogP contribution is -2.51. The summed E-state index contributed by atoms with van der Waals surface area (Å²) in [5.74, 6) is 2.03. The van der Waals surface area contributed by atoms with Gasteiger partial charge in [-0.15, -0.1) is 0 Å². The van der Waals surface area contributed by atoms with Gasteiger partial charge in [-0.2, -0.15) is 0 Å². The Morgan fingerprint density at radius 2 is 1.93 bits per heavy atom. The van der Waals surface area contributed by atoms with E-state index in [4.69, 9.17) is 15.2 Å². The van der Waals surface area contributed by atoms with E-state index in [9.17, 15) is 9.59 Å². The van der Waals surface area contributed by atoms with Crippen LogP contribution in [-0.4, -0.2) is 32.5 Å². The first-order valence-electron chi connectivity index (χ1n) is 10.4. The molecular formula is C22H35NO4. The monoisotopic (exact) mass is 377 g/mol. The highest BCUT2D eigenvalue weighted by atomic mass is 16.5. The second kappa shape index (κ2) is 7.57. The van der Waals surface area contributed by atoms with Crippen molar-refractivity contribution in [3.05, 3.63) is 11.8 Å². The number of esters is 1. The molecule has 3 rings (SSSR count). The first kappa shape index (κ1) is 20.4. The van der Waals surface area contributed by atoms with Gasteiger partial charge in [0.1, 0.15) is 0 Å². The van der Waals surface area contributed by atoms with Crippen LogP contribution >= 0.6 is 0 Å². The molecular weight excluding hydrogens is 342 g/mol. The molecule has 0 spiro atoms. The Kier molecular flexibility index (Phi) is 5.72. The van der Waals surface area contributed by atoms with E-state index in [1.807, 2.05) is 0 Å². The minimum absolute atomic E-state index is 0.0245. The van der Waals surface area contributed by atoms with Gasteiger partial charge in [-0.05, 0) is 68.2 Å². The third-order valence-corrected chi connectivity index (χ3v) is 8.25. The number of allylic oxidation sites excluding steroid dienone is 2. The Morgan fingerprint density at radius 1 is 1.19 bits per heavy atom. The fraction of sp³-hybridized carbons (Fsp3) is 0.818. The van der Waals surface area contributed by atoms with Crippen LogP contribution in [0.4, 0.5) is 0 Å². The summed E-state index contributed by atoms with van der Waals surface area (Å²) in [7, 11) is 3.12. The fourth-order valence-corrected chi connectivity index (χ4v) is 6.62. The standard InChI is InChI=1S/C22H35NO4/c1-21-11-8-17(22(2)10-7-14(26-3)13-19(22)24)15(9-12-23)16(21)5-6-18(21)20(25)27-4/h13,15-18H,5-12,23H2,1-4H3/t15?,16-,17?,18+,21-,22+/m0/s1. The molecule has 0 radical (unpaired) electrons. The van der Waals surface area contributed by atoms with Gasteiger partial charge in [0, 0.05) is 17.9 Å². The van der Waals surface area contributed by atoms with E-state index >= 15 is 0 Å². The number of hydrogen-bond acceptors (Lipinski definition) is 5. The van der Waals surface area contributed by atoms with Crippen LogP contribution in [0.3, 0.4) is 0 Å². The van der Waals surface area contributed by atoms with Gasteiger partial charge >= 0.3 is 5.97 Å². The molecule has 2 N–H and O–H groups in total. The van der Waals surface area contributed by atoms with Crippen molar-refractivity contribution in [2.24, 2.45) is 40.2 Å². The topological polar surface area (TPSA) is 78.6 Å². The largest absolute Gasteiger partial charge is 0.501 e. The molecule has 0 bridgehead atoms. The number of fused-ring (bicyclic) bond motifs is 1. The molecule has 5 nitrogen and oxygen atoms in total. The minimum Gasteiger partial charge on any atom is -0.501 e. The van der Waals surface area contributed by atoms with Crippen LogP contribution in [0.15, 0.2) is 11.8 Å². The van der Waals surface area contributed by atoms with Crippen LogP contribution in [-0.2, 0) is 19.1 Å². The van der Waals surface area contributed by atoms with E-state index < -0.39 is 0 Å². The van der Waals surface area contributed by atoms with Gasteiger partial charge in [0.15, 0.2) is 5.78 Å². The summed E-state index contributed by atoms with van der Waals surface area (Å²) >= 11 is 0. The molecule has 3 aliphatic carbocycles. The fourth-order valence-electron chi connectivity index (χ4n) is 6.62. The van der Waals surface area contributed by atoms with Crippen LogP contribution in [0.5, 0.6) is 0 Å². The normalized spacial score (nSPS) is 41.7. The Hall–Kier alpha value is -1.36. The number of rotatable bonds is 5. The van der Waals surface area contributed by atoms with Crippen LogP contribution in [0.2, 0.25) is 0 Å². The number of ether oxygens (including phenoxy) is 2. The maximum Gasteiger partial charge on any atom is 0.309 e. The predicted molar refractivity (Wildman–Crippen MR) is 104 cm³/mol. The third kappa shape index (κ3) is 3.22. The van der Waals surface area contributed by atoms with E-state index in [2.05, 4.69) is 13.8 Å². The van der Waals surface area contributed by atoms with Crippen molar-refractivity contribution in [2.45, 2.75) is 58.8 Å². The average Bonchev–Trinajstić information content (AvgIpc) is 3.01. The number of carbonyl (C=O) groups excluding carboxylic acids is 2. The predicted octanol–water partition coefficient (Wildman–Crippen LogP) is 3.47.